The van der Waals surface area contributed by atoms with Crippen molar-refractivity contribution in [2.75, 3.05) is 0 Å². The first kappa shape index (κ1) is 18.3. The van der Waals surface area contributed by atoms with Crippen LogP contribution in [-0.4, -0.2) is 9.79 Å². The molecule has 5 heteroatoms. The molecule has 0 saturated heterocycles. The minimum atomic E-state index is -5.14. The van der Waals surface area contributed by atoms with Crippen LogP contribution in [0.4, 0.5) is 4.20 Å². The van der Waals surface area contributed by atoms with Gasteiger partial charge >= 0.3 is 7.91 Å². The molecule has 0 radical (unpaired) electrons. The van der Waals surface area contributed by atoms with Crippen LogP contribution in [0.1, 0.15) is 52.7 Å². The Morgan fingerprint density at radius 2 is 1.21 bits per heavy atom. The quantitative estimate of drug-likeness (QED) is 0.699. The van der Waals surface area contributed by atoms with Gasteiger partial charge in [-0.25, -0.2) is 4.57 Å². The van der Waals surface area contributed by atoms with E-state index in [4.69, 9.17) is 14.4 Å². The predicted octanol–water partition coefficient (Wildman–Crippen LogP) is 4.33. The lowest BCUT2D eigenvalue weighted by atomic mass is 9.81. The summed E-state index contributed by atoms with van der Waals surface area (Å²) in [6.07, 6.45) is 0. The molecule has 0 saturated carbocycles. The van der Waals surface area contributed by atoms with Gasteiger partial charge in [-0.1, -0.05) is 65.8 Å². The van der Waals surface area contributed by atoms with Crippen LogP contribution in [0, 0.1) is 0 Å². The lowest BCUT2D eigenvalue weighted by Gasteiger charge is -2.24. The van der Waals surface area contributed by atoms with E-state index < -0.39 is 7.91 Å². The average Bonchev–Trinajstić information content (AvgIpc) is 2.12. The van der Waals surface area contributed by atoms with E-state index in [1.165, 1.54) is 11.1 Å². The standard InChI is InChI=1S/C14H22.FH2O3P/c1-13(2,3)11-8-7-9-12(10-11)14(4,5)6;1-5(2,3)4/h7-10H,1-6H3;(H2,2,3,4). The molecule has 0 aliphatic rings. The summed E-state index contributed by atoms with van der Waals surface area (Å²) in [5.74, 6) is 0. The summed E-state index contributed by atoms with van der Waals surface area (Å²) in [5, 5.41) is 0. The molecule has 0 bridgehead atoms. The predicted molar refractivity (Wildman–Crippen MR) is 77.0 cm³/mol. The molecule has 3 nitrogen and oxygen atoms in total. The zero-order chi connectivity index (χ0) is 15.5. The van der Waals surface area contributed by atoms with Crippen molar-refractivity contribution in [2.24, 2.45) is 0 Å². The zero-order valence-corrected chi connectivity index (χ0v) is 13.3. The number of halogens is 1. The molecule has 0 unspecified atom stereocenters. The van der Waals surface area contributed by atoms with E-state index in [1.807, 2.05) is 0 Å². The van der Waals surface area contributed by atoms with Gasteiger partial charge in [-0.15, -0.1) is 4.20 Å². The molecule has 110 valence electrons. The summed E-state index contributed by atoms with van der Waals surface area (Å²) in [5.41, 5.74) is 3.34. The monoisotopic (exact) mass is 290 g/mol. The molecule has 0 atom stereocenters. The van der Waals surface area contributed by atoms with Crippen LogP contribution in [-0.2, 0) is 15.4 Å². The normalized spacial score (nSPS) is 12.7. The largest absolute Gasteiger partial charge is 0.507 e. The maximum Gasteiger partial charge on any atom is 0.507 e. The Morgan fingerprint density at radius 1 is 0.947 bits per heavy atom. The van der Waals surface area contributed by atoms with Gasteiger partial charge in [0.25, 0.3) is 0 Å². The van der Waals surface area contributed by atoms with E-state index in [2.05, 4.69) is 65.8 Å². The molecule has 1 aromatic carbocycles. The fourth-order valence-corrected chi connectivity index (χ4v) is 1.45. The SMILES string of the molecule is CC(C)(C)c1cccc(C(C)(C)C)c1.O=P(O)(O)F. The first-order chi connectivity index (χ1) is 8.21. The third-order valence-corrected chi connectivity index (χ3v) is 2.59. The Labute approximate surface area is 115 Å². The maximum atomic E-state index is 10.4. The molecule has 2 N–H and O–H groups in total. The van der Waals surface area contributed by atoms with Gasteiger partial charge in [0.15, 0.2) is 0 Å². The average molecular weight is 290 g/mol. The molecule has 0 spiro atoms. The fraction of sp³-hybridized carbons (Fsp3) is 0.571. The number of hydrogen-bond donors (Lipinski definition) is 2. The van der Waals surface area contributed by atoms with Gasteiger partial charge in [-0.05, 0) is 22.0 Å². The molecule has 1 aromatic rings. The molecular weight excluding hydrogens is 266 g/mol. The first-order valence-electron chi connectivity index (χ1n) is 6.07. The maximum absolute atomic E-state index is 10.4. The van der Waals surface area contributed by atoms with Crippen LogP contribution in [0.2, 0.25) is 0 Å². The molecule has 0 fully saturated rings. The van der Waals surface area contributed by atoms with Crippen LogP contribution in [0.15, 0.2) is 24.3 Å². The molecule has 0 aliphatic heterocycles. The second-order valence-corrected chi connectivity index (χ2v) is 7.50. The lowest BCUT2D eigenvalue weighted by Crippen LogP contribution is -2.15. The first-order valence-corrected chi connectivity index (χ1v) is 7.58. The highest BCUT2D eigenvalue weighted by molar-refractivity contribution is 7.45. The van der Waals surface area contributed by atoms with Gasteiger partial charge in [0.05, 0.1) is 0 Å². The van der Waals surface area contributed by atoms with Crippen LogP contribution in [0.3, 0.4) is 0 Å². The number of hydrogen-bond acceptors (Lipinski definition) is 1. The highest BCUT2D eigenvalue weighted by Gasteiger charge is 2.18. The highest BCUT2D eigenvalue weighted by atomic mass is 31.2. The van der Waals surface area contributed by atoms with E-state index in [0.29, 0.717) is 0 Å². The molecule has 0 amide bonds. The van der Waals surface area contributed by atoms with Crippen LogP contribution < -0.4 is 0 Å². The molecular formula is C14H24FO3P. The van der Waals surface area contributed by atoms with Crippen molar-refractivity contribution in [1.82, 2.24) is 0 Å². The minimum absolute atomic E-state index is 0.251. The Morgan fingerprint density at radius 3 is 1.42 bits per heavy atom. The number of rotatable bonds is 0. The van der Waals surface area contributed by atoms with E-state index in [1.54, 1.807) is 0 Å². The summed E-state index contributed by atoms with van der Waals surface area (Å²) >= 11 is 0. The fourth-order valence-electron chi connectivity index (χ4n) is 1.45. The van der Waals surface area contributed by atoms with Gasteiger partial charge in [-0.2, -0.15) is 0 Å². The van der Waals surface area contributed by atoms with Crippen LogP contribution in [0.25, 0.3) is 0 Å². The van der Waals surface area contributed by atoms with Gasteiger partial charge in [0.1, 0.15) is 0 Å². The zero-order valence-electron chi connectivity index (χ0n) is 12.4. The molecule has 1 rings (SSSR count). The van der Waals surface area contributed by atoms with Gasteiger partial charge in [0.2, 0.25) is 0 Å². The van der Waals surface area contributed by atoms with Gasteiger partial charge < -0.3 is 0 Å². The second kappa shape index (κ2) is 6.17. The smallest absolute Gasteiger partial charge is 0.299 e. The van der Waals surface area contributed by atoms with Crippen molar-refractivity contribution in [1.29, 1.82) is 0 Å². The Bertz CT molecular complexity index is 415. The van der Waals surface area contributed by atoms with Crippen molar-refractivity contribution in [3.8, 4) is 0 Å². The highest BCUT2D eigenvalue weighted by Crippen LogP contribution is 2.35. The van der Waals surface area contributed by atoms with Crippen molar-refractivity contribution in [3.63, 3.8) is 0 Å². The Balaban J connectivity index is 0.000000555. The summed E-state index contributed by atoms with van der Waals surface area (Å²) < 4.78 is 19.0. The van der Waals surface area contributed by atoms with Crippen LogP contribution in [0.5, 0.6) is 0 Å². The van der Waals surface area contributed by atoms with Crippen molar-refractivity contribution in [2.45, 2.75) is 52.4 Å². The van der Waals surface area contributed by atoms with Crippen molar-refractivity contribution in [3.05, 3.63) is 35.4 Å². The summed E-state index contributed by atoms with van der Waals surface area (Å²) in [7, 11) is -5.14. The third-order valence-electron chi connectivity index (χ3n) is 2.59. The van der Waals surface area contributed by atoms with E-state index in [9.17, 15) is 4.20 Å². The van der Waals surface area contributed by atoms with Crippen molar-refractivity contribution >= 4 is 7.91 Å². The third kappa shape index (κ3) is 8.93. The van der Waals surface area contributed by atoms with Crippen molar-refractivity contribution < 1.29 is 18.5 Å². The van der Waals surface area contributed by atoms with Crippen LogP contribution >= 0.6 is 7.91 Å². The minimum Gasteiger partial charge on any atom is -0.299 e. The molecule has 0 aliphatic carbocycles. The molecule has 19 heavy (non-hydrogen) atoms. The van der Waals surface area contributed by atoms with E-state index >= 15 is 0 Å². The topological polar surface area (TPSA) is 57.5 Å². The van der Waals surface area contributed by atoms with E-state index in [-0.39, 0.29) is 10.8 Å². The number of benzene rings is 1. The molecule has 0 heterocycles. The Kier molecular flexibility index (Phi) is 5.94. The second-order valence-electron chi connectivity index (χ2n) is 6.55. The Hall–Kier alpha value is -0.700. The van der Waals surface area contributed by atoms with Gasteiger partial charge in [-0.3, -0.25) is 9.79 Å². The molecule has 0 aromatic heterocycles. The summed E-state index contributed by atoms with van der Waals surface area (Å²) in [6, 6.07) is 8.94. The lowest BCUT2D eigenvalue weighted by molar-refractivity contribution is 0.322. The summed E-state index contributed by atoms with van der Waals surface area (Å²) in [4.78, 5) is 13.9. The summed E-state index contributed by atoms with van der Waals surface area (Å²) in [6.45, 7) is 13.6. The van der Waals surface area contributed by atoms with E-state index in [0.717, 1.165) is 0 Å². The van der Waals surface area contributed by atoms with Gasteiger partial charge in [0, 0.05) is 0 Å².